The lowest BCUT2D eigenvalue weighted by Gasteiger charge is -2.42. The van der Waals surface area contributed by atoms with E-state index in [1.165, 1.54) is 0 Å². The smallest absolute Gasteiger partial charge is 0.317 e. The Morgan fingerprint density at radius 2 is 2.04 bits per heavy atom. The van der Waals surface area contributed by atoms with E-state index in [-0.39, 0.29) is 24.5 Å². The van der Waals surface area contributed by atoms with Gasteiger partial charge in [-0.15, -0.1) is 0 Å². The zero-order chi connectivity index (χ0) is 17.1. The number of para-hydroxylation sites is 1. The van der Waals surface area contributed by atoms with Crippen LogP contribution in [-0.4, -0.2) is 52.0 Å². The van der Waals surface area contributed by atoms with Crippen molar-refractivity contribution >= 4 is 22.8 Å². The van der Waals surface area contributed by atoms with E-state index in [0.29, 0.717) is 17.6 Å². The first-order chi connectivity index (χ1) is 11.6. The number of hydrogen-bond acceptors (Lipinski definition) is 4. The number of nitrogens with one attached hydrogen (secondary N) is 1. The zero-order valence-electron chi connectivity index (χ0n) is 13.6. The average Bonchev–Trinajstić information content (AvgIpc) is 2.55. The Kier molecular flexibility index (Phi) is 4.76. The van der Waals surface area contributed by atoms with E-state index in [4.69, 9.17) is 5.11 Å². The Labute approximate surface area is 140 Å². The maximum Gasteiger partial charge on any atom is 0.317 e. The van der Waals surface area contributed by atoms with Gasteiger partial charge in [0.15, 0.2) is 0 Å². The first-order valence-electron chi connectivity index (χ1n) is 8.19. The molecule has 6 nitrogen and oxygen atoms in total. The third kappa shape index (κ3) is 3.38. The number of carboxylic acids is 1. The average molecular weight is 327 g/mol. The monoisotopic (exact) mass is 327 g/mol. The Bertz CT molecular complexity index is 751. The lowest BCUT2D eigenvalue weighted by Crippen LogP contribution is -2.54. The second-order valence-corrected chi connectivity index (χ2v) is 6.13. The van der Waals surface area contributed by atoms with Crippen molar-refractivity contribution in [1.29, 1.82) is 0 Å². The van der Waals surface area contributed by atoms with Crippen LogP contribution in [0, 0.1) is 0 Å². The number of fused-ring (bicyclic) bond motifs is 1. The molecule has 2 N–H and O–H groups in total. The molecule has 1 fully saturated rings. The fraction of sp³-hybridized carbons (Fsp3) is 0.389. The number of benzene rings is 1. The van der Waals surface area contributed by atoms with E-state index in [1.54, 1.807) is 12.3 Å². The maximum atomic E-state index is 12.5. The van der Waals surface area contributed by atoms with Gasteiger partial charge in [0.25, 0.3) is 5.91 Å². The van der Waals surface area contributed by atoms with Crippen molar-refractivity contribution in [3.8, 4) is 0 Å². The predicted octanol–water partition coefficient (Wildman–Crippen LogP) is 1.90. The highest BCUT2D eigenvalue weighted by atomic mass is 16.4. The largest absolute Gasteiger partial charge is 0.480 e. The second-order valence-electron chi connectivity index (χ2n) is 6.13. The standard InChI is InChI=1S/C18H21N3O3/c1-2-21(11-16(22)23)14-9-13(10-14)20-18(24)15-7-3-5-12-6-4-8-19-17(12)15/h3-8,13-14H,2,9-11H2,1H3,(H,20,24)(H,22,23). The molecule has 1 aliphatic rings. The molecule has 126 valence electrons. The van der Waals surface area contributed by atoms with E-state index in [0.717, 1.165) is 18.2 Å². The molecular formula is C18H21N3O3. The summed E-state index contributed by atoms with van der Waals surface area (Å²) in [5.41, 5.74) is 1.28. The van der Waals surface area contributed by atoms with Crippen molar-refractivity contribution in [1.82, 2.24) is 15.2 Å². The molecule has 0 aliphatic heterocycles. The minimum Gasteiger partial charge on any atom is -0.480 e. The minimum atomic E-state index is -0.814. The lowest BCUT2D eigenvalue weighted by molar-refractivity contribution is -0.139. The van der Waals surface area contributed by atoms with Crippen LogP contribution in [0.5, 0.6) is 0 Å². The number of hydrogen-bond donors (Lipinski definition) is 2. The van der Waals surface area contributed by atoms with Gasteiger partial charge in [-0.05, 0) is 31.5 Å². The number of carbonyl (C=O) groups is 2. The molecule has 1 amide bonds. The van der Waals surface area contributed by atoms with E-state index in [1.807, 2.05) is 36.1 Å². The summed E-state index contributed by atoms with van der Waals surface area (Å²) in [5, 5.41) is 12.9. The molecule has 1 aromatic heterocycles. The van der Waals surface area contributed by atoms with E-state index >= 15 is 0 Å². The van der Waals surface area contributed by atoms with Gasteiger partial charge in [-0.2, -0.15) is 0 Å². The number of amides is 1. The van der Waals surface area contributed by atoms with E-state index in [9.17, 15) is 9.59 Å². The van der Waals surface area contributed by atoms with Crippen LogP contribution in [0.3, 0.4) is 0 Å². The fourth-order valence-electron chi connectivity index (χ4n) is 3.23. The van der Waals surface area contributed by atoms with Gasteiger partial charge in [0.05, 0.1) is 17.6 Å². The zero-order valence-corrected chi connectivity index (χ0v) is 13.6. The molecule has 24 heavy (non-hydrogen) atoms. The van der Waals surface area contributed by atoms with Crippen molar-refractivity contribution < 1.29 is 14.7 Å². The Hall–Kier alpha value is -2.47. The van der Waals surface area contributed by atoms with Crippen molar-refractivity contribution in [2.24, 2.45) is 0 Å². The van der Waals surface area contributed by atoms with Crippen molar-refractivity contribution in [2.75, 3.05) is 13.1 Å². The number of aromatic nitrogens is 1. The Morgan fingerprint density at radius 1 is 1.29 bits per heavy atom. The minimum absolute atomic E-state index is 0.0507. The summed E-state index contributed by atoms with van der Waals surface area (Å²) in [7, 11) is 0. The van der Waals surface area contributed by atoms with Gasteiger partial charge < -0.3 is 10.4 Å². The summed E-state index contributed by atoms with van der Waals surface area (Å²) in [5.74, 6) is -0.935. The van der Waals surface area contributed by atoms with Crippen LogP contribution in [0.1, 0.15) is 30.1 Å². The molecule has 0 radical (unpaired) electrons. The number of carbonyl (C=O) groups excluding carboxylic acids is 1. The highest BCUT2D eigenvalue weighted by molar-refractivity contribution is 6.05. The summed E-state index contributed by atoms with van der Waals surface area (Å²) in [6.07, 6.45) is 3.25. The van der Waals surface area contributed by atoms with Gasteiger partial charge in [-0.25, -0.2) is 0 Å². The third-order valence-corrected chi connectivity index (χ3v) is 4.59. The number of nitrogens with zero attached hydrogens (tertiary/aromatic N) is 2. The van der Waals surface area contributed by atoms with Crippen LogP contribution in [0.25, 0.3) is 10.9 Å². The summed E-state index contributed by atoms with van der Waals surface area (Å²) >= 11 is 0. The first kappa shape index (κ1) is 16.4. The van der Waals surface area contributed by atoms with Crippen LogP contribution in [0.4, 0.5) is 0 Å². The van der Waals surface area contributed by atoms with Crippen LogP contribution in [-0.2, 0) is 4.79 Å². The highest BCUT2D eigenvalue weighted by Crippen LogP contribution is 2.26. The molecular weight excluding hydrogens is 306 g/mol. The first-order valence-corrected chi connectivity index (χ1v) is 8.19. The number of likely N-dealkylation sites (N-methyl/N-ethyl adjacent to an activating group) is 1. The highest BCUT2D eigenvalue weighted by Gasteiger charge is 2.34. The fourth-order valence-corrected chi connectivity index (χ4v) is 3.23. The molecule has 0 spiro atoms. The summed E-state index contributed by atoms with van der Waals surface area (Å²) < 4.78 is 0. The molecule has 0 saturated heterocycles. The van der Waals surface area contributed by atoms with Gasteiger partial charge in [0.2, 0.25) is 0 Å². The molecule has 3 rings (SSSR count). The Morgan fingerprint density at radius 3 is 2.75 bits per heavy atom. The summed E-state index contributed by atoms with van der Waals surface area (Å²) in [6.45, 7) is 2.70. The summed E-state index contributed by atoms with van der Waals surface area (Å²) in [4.78, 5) is 29.6. The van der Waals surface area contributed by atoms with Gasteiger partial charge in [-0.1, -0.05) is 25.1 Å². The quantitative estimate of drug-likeness (QED) is 0.847. The van der Waals surface area contributed by atoms with E-state index < -0.39 is 5.97 Å². The molecule has 6 heteroatoms. The molecule has 0 atom stereocenters. The normalized spacial score (nSPS) is 19.9. The molecule has 0 bridgehead atoms. The van der Waals surface area contributed by atoms with Crippen molar-refractivity contribution in [3.63, 3.8) is 0 Å². The van der Waals surface area contributed by atoms with Crippen molar-refractivity contribution in [2.45, 2.75) is 31.8 Å². The second kappa shape index (κ2) is 6.97. The van der Waals surface area contributed by atoms with Gasteiger partial charge in [-0.3, -0.25) is 19.5 Å². The predicted molar refractivity (Wildman–Crippen MR) is 90.9 cm³/mol. The third-order valence-electron chi connectivity index (χ3n) is 4.59. The Balaban J connectivity index is 1.62. The summed E-state index contributed by atoms with van der Waals surface area (Å²) in [6, 6.07) is 9.67. The number of aliphatic carboxylic acids is 1. The SMILES string of the molecule is CCN(CC(=O)O)C1CC(NC(=O)c2cccc3cccnc23)C1. The van der Waals surface area contributed by atoms with Gasteiger partial charge in [0.1, 0.15) is 0 Å². The molecule has 1 aliphatic carbocycles. The molecule has 1 saturated carbocycles. The van der Waals surface area contributed by atoms with Crippen LogP contribution >= 0.6 is 0 Å². The van der Waals surface area contributed by atoms with Gasteiger partial charge in [0, 0.05) is 23.7 Å². The molecule has 0 unspecified atom stereocenters. The van der Waals surface area contributed by atoms with Gasteiger partial charge >= 0.3 is 5.97 Å². The van der Waals surface area contributed by atoms with Crippen LogP contribution in [0.15, 0.2) is 36.5 Å². The topological polar surface area (TPSA) is 82.5 Å². The molecule has 1 aromatic carbocycles. The lowest BCUT2D eigenvalue weighted by atomic mass is 9.85. The maximum absolute atomic E-state index is 12.5. The number of rotatable bonds is 6. The van der Waals surface area contributed by atoms with Crippen LogP contribution in [0.2, 0.25) is 0 Å². The van der Waals surface area contributed by atoms with E-state index in [2.05, 4.69) is 10.3 Å². The number of pyridine rings is 1. The molecule has 1 heterocycles. The molecule has 2 aromatic rings. The van der Waals surface area contributed by atoms with Crippen molar-refractivity contribution in [3.05, 3.63) is 42.1 Å². The number of carboxylic acid groups (broad SMARTS) is 1. The van der Waals surface area contributed by atoms with Crippen LogP contribution < -0.4 is 5.32 Å².